The Kier molecular flexibility index (Phi) is 44.1. The number of esters is 1. The van der Waals surface area contributed by atoms with Gasteiger partial charge in [0.1, 0.15) is 6.10 Å². The fourth-order valence-electron chi connectivity index (χ4n) is 7.69. The van der Waals surface area contributed by atoms with Crippen LogP contribution in [0.5, 0.6) is 0 Å². The molecule has 3 atom stereocenters. The van der Waals surface area contributed by atoms with Crippen LogP contribution in [0.25, 0.3) is 0 Å². The molecule has 57 heavy (non-hydrogen) atoms. The number of hydrogen-bond acceptors (Lipinski definition) is 5. The lowest BCUT2D eigenvalue weighted by atomic mass is 10.0. The molecule has 3 unspecified atom stereocenters. The first-order valence-corrected chi connectivity index (χ1v) is 25.1. The summed E-state index contributed by atoms with van der Waals surface area (Å²) in [5, 5.41) is 23.6. The number of carbonyl (C=O) groups excluding carboxylic acids is 2. The van der Waals surface area contributed by atoms with Gasteiger partial charge in [0.05, 0.1) is 25.2 Å². The monoisotopic (exact) mass is 804 g/mol. The van der Waals surface area contributed by atoms with E-state index in [4.69, 9.17) is 4.74 Å². The molecule has 0 bridgehead atoms. The topological polar surface area (TPSA) is 95.9 Å². The van der Waals surface area contributed by atoms with Gasteiger partial charge in [-0.1, -0.05) is 238 Å². The number of amides is 1. The molecule has 0 spiro atoms. The van der Waals surface area contributed by atoms with E-state index in [9.17, 15) is 19.8 Å². The Bertz CT molecular complexity index is 904. The van der Waals surface area contributed by atoms with Crippen molar-refractivity contribution in [2.75, 3.05) is 6.61 Å². The van der Waals surface area contributed by atoms with E-state index in [1.165, 1.54) is 173 Å². The standard InChI is InChI=1S/C51H97NO5/c1-4-7-10-13-16-19-21-22-23-24-25-26-27-29-32-35-38-41-44-51(56)57-47(42-39-36-33-31-28-20-17-14-11-8-5-2)45-50(55)52-48(46-53)49(54)43-40-37-34-30-18-15-12-9-6-3/h31,33,39,42,47-49,53-54H,4-30,32,34-38,40-41,43-46H2,1-3H3,(H,52,55)/b33-31-,42-39+. The third kappa shape index (κ3) is 40.9. The molecular weight excluding hydrogens is 707 g/mol. The maximum absolute atomic E-state index is 13.1. The first-order valence-electron chi connectivity index (χ1n) is 25.1. The quantitative estimate of drug-likeness (QED) is 0.0324. The van der Waals surface area contributed by atoms with Crippen LogP contribution in [0.1, 0.15) is 265 Å². The molecule has 3 N–H and O–H groups in total. The third-order valence-corrected chi connectivity index (χ3v) is 11.5. The molecule has 0 aromatic rings. The van der Waals surface area contributed by atoms with Gasteiger partial charge in [0, 0.05) is 6.42 Å². The van der Waals surface area contributed by atoms with E-state index in [0.717, 1.165) is 51.4 Å². The summed E-state index contributed by atoms with van der Waals surface area (Å²) in [4.78, 5) is 26.0. The SMILES string of the molecule is CCCCCCCC/C=C\C/C=C/C(CC(=O)NC(CO)C(O)CCCCCCCCCCC)OC(=O)CCCCCCCCCCCCCCCCCCCC. The number of aliphatic hydroxyl groups excluding tert-OH is 2. The normalized spacial score (nSPS) is 13.4. The zero-order valence-corrected chi connectivity index (χ0v) is 38.2. The van der Waals surface area contributed by atoms with Crippen LogP contribution in [0.3, 0.4) is 0 Å². The summed E-state index contributed by atoms with van der Waals surface area (Å²) in [5.41, 5.74) is 0. The van der Waals surface area contributed by atoms with Gasteiger partial charge in [-0.05, 0) is 38.2 Å². The van der Waals surface area contributed by atoms with Gasteiger partial charge in [-0.25, -0.2) is 0 Å². The zero-order chi connectivity index (χ0) is 41.7. The summed E-state index contributed by atoms with van der Waals surface area (Å²) in [5.74, 6) is -0.592. The molecule has 1 amide bonds. The molecule has 0 radical (unpaired) electrons. The van der Waals surface area contributed by atoms with Gasteiger partial charge in [-0.15, -0.1) is 0 Å². The van der Waals surface area contributed by atoms with Gasteiger partial charge in [0.25, 0.3) is 0 Å². The van der Waals surface area contributed by atoms with Crippen LogP contribution >= 0.6 is 0 Å². The molecule has 0 fully saturated rings. The highest BCUT2D eigenvalue weighted by atomic mass is 16.5. The highest BCUT2D eigenvalue weighted by molar-refractivity contribution is 5.78. The van der Waals surface area contributed by atoms with E-state index in [2.05, 4.69) is 38.2 Å². The summed E-state index contributed by atoms with van der Waals surface area (Å²) in [7, 11) is 0. The van der Waals surface area contributed by atoms with Crippen LogP contribution in [0.15, 0.2) is 24.3 Å². The summed E-state index contributed by atoms with van der Waals surface area (Å²) < 4.78 is 5.82. The van der Waals surface area contributed by atoms with Crippen molar-refractivity contribution < 1.29 is 24.5 Å². The number of aliphatic hydroxyl groups is 2. The molecule has 0 aliphatic carbocycles. The van der Waals surface area contributed by atoms with Crippen molar-refractivity contribution in [3.8, 4) is 0 Å². The fraction of sp³-hybridized carbons (Fsp3) is 0.882. The van der Waals surface area contributed by atoms with E-state index in [-0.39, 0.29) is 24.9 Å². The second kappa shape index (κ2) is 45.4. The molecule has 6 nitrogen and oxygen atoms in total. The average Bonchev–Trinajstić information content (AvgIpc) is 3.20. The first-order chi connectivity index (χ1) is 28.0. The molecule has 0 heterocycles. The van der Waals surface area contributed by atoms with Gasteiger partial charge in [0.15, 0.2) is 0 Å². The second-order valence-electron chi connectivity index (χ2n) is 17.2. The molecule has 0 aliphatic rings. The van der Waals surface area contributed by atoms with Gasteiger partial charge in [-0.3, -0.25) is 9.59 Å². The lowest BCUT2D eigenvalue weighted by molar-refractivity contribution is -0.148. The minimum absolute atomic E-state index is 0.0237. The van der Waals surface area contributed by atoms with Crippen LogP contribution in [-0.2, 0) is 14.3 Å². The third-order valence-electron chi connectivity index (χ3n) is 11.5. The number of carbonyl (C=O) groups is 2. The van der Waals surface area contributed by atoms with Crippen molar-refractivity contribution in [3.63, 3.8) is 0 Å². The number of ether oxygens (including phenoxy) is 1. The summed E-state index contributed by atoms with van der Waals surface area (Å²) >= 11 is 0. The van der Waals surface area contributed by atoms with E-state index in [1.54, 1.807) is 0 Å². The molecule has 0 aromatic carbocycles. The van der Waals surface area contributed by atoms with E-state index < -0.39 is 18.2 Å². The minimum atomic E-state index is -0.804. The molecule has 0 aliphatic heterocycles. The summed E-state index contributed by atoms with van der Waals surface area (Å²) in [6.45, 7) is 6.43. The van der Waals surface area contributed by atoms with Crippen molar-refractivity contribution in [1.82, 2.24) is 5.32 Å². The van der Waals surface area contributed by atoms with Gasteiger partial charge < -0.3 is 20.3 Å². The van der Waals surface area contributed by atoms with Crippen molar-refractivity contribution in [3.05, 3.63) is 24.3 Å². The first kappa shape index (κ1) is 55.3. The van der Waals surface area contributed by atoms with E-state index in [1.807, 2.05) is 12.2 Å². The zero-order valence-electron chi connectivity index (χ0n) is 38.2. The molecule has 0 saturated heterocycles. The van der Waals surface area contributed by atoms with Crippen LogP contribution in [0.4, 0.5) is 0 Å². The van der Waals surface area contributed by atoms with Crippen molar-refractivity contribution in [1.29, 1.82) is 0 Å². The van der Waals surface area contributed by atoms with Crippen LogP contribution < -0.4 is 5.32 Å². The van der Waals surface area contributed by atoms with Crippen LogP contribution in [0.2, 0.25) is 0 Å². The Labute approximate surface area is 354 Å². The smallest absolute Gasteiger partial charge is 0.306 e. The maximum Gasteiger partial charge on any atom is 0.306 e. The fourth-order valence-corrected chi connectivity index (χ4v) is 7.69. The molecule has 0 rings (SSSR count). The largest absolute Gasteiger partial charge is 0.458 e. The second-order valence-corrected chi connectivity index (χ2v) is 17.2. The predicted octanol–water partition coefficient (Wildman–Crippen LogP) is 14.7. The highest BCUT2D eigenvalue weighted by Gasteiger charge is 2.23. The number of nitrogens with one attached hydrogen (secondary N) is 1. The van der Waals surface area contributed by atoms with Gasteiger partial charge in [-0.2, -0.15) is 0 Å². The Morgan fingerprint density at radius 1 is 0.526 bits per heavy atom. The molecule has 336 valence electrons. The summed E-state index contributed by atoms with van der Waals surface area (Å²) in [6, 6.07) is -0.725. The summed E-state index contributed by atoms with van der Waals surface area (Å²) in [6.07, 6.45) is 51.4. The number of hydrogen-bond donors (Lipinski definition) is 3. The van der Waals surface area contributed by atoms with Crippen molar-refractivity contribution >= 4 is 11.9 Å². The van der Waals surface area contributed by atoms with Crippen LogP contribution in [-0.4, -0.2) is 46.9 Å². The minimum Gasteiger partial charge on any atom is -0.458 e. The number of unbranched alkanes of at least 4 members (excludes halogenated alkanes) is 31. The lowest BCUT2D eigenvalue weighted by Gasteiger charge is -2.23. The number of rotatable bonds is 45. The van der Waals surface area contributed by atoms with E-state index in [0.29, 0.717) is 12.8 Å². The highest BCUT2D eigenvalue weighted by Crippen LogP contribution is 2.17. The Morgan fingerprint density at radius 2 is 0.930 bits per heavy atom. The van der Waals surface area contributed by atoms with Gasteiger partial charge >= 0.3 is 5.97 Å². The van der Waals surface area contributed by atoms with E-state index >= 15 is 0 Å². The lowest BCUT2D eigenvalue weighted by Crippen LogP contribution is -2.46. The average molecular weight is 804 g/mol. The Morgan fingerprint density at radius 3 is 1.37 bits per heavy atom. The van der Waals surface area contributed by atoms with Crippen molar-refractivity contribution in [2.24, 2.45) is 0 Å². The Hall–Kier alpha value is -1.66. The molecular formula is C51H97NO5. The van der Waals surface area contributed by atoms with Crippen LogP contribution in [0, 0.1) is 0 Å². The molecule has 6 heteroatoms. The predicted molar refractivity (Wildman–Crippen MR) is 246 cm³/mol. The van der Waals surface area contributed by atoms with Crippen molar-refractivity contribution in [2.45, 2.75) is 283 Å². The molecule has 0 saturated carbocycles. The maximum atomic E-state index is 13.1. The molecule has 0 aromatic heterocycles. The number of allylic oxidation sites excluding steroid dienone is 3. The Balaban J connectivity index is 4.52. The van der Waals surface area contributed by atoms with Gasteiger partial charge in [0.2, 0.25) is 5.91 Å².